The quantitative estimate of drug-likeness (QED) is 0.695. The van der Waals surface area contributed by atoms with Crippen molar-refractivity contribution in [3.63, 3.8) is 0 Å². The van der Waals surface area contributed by atoms with Crippen molar-refractivity contribution < 1.29 is 23.8 Å². The van der Waals surface area contributed by atoms with Crippen molar-refractivity contribution in [3.8, 4) is 11.5 Å². The summed E-state index contributed by atoms with van der Waals surface area (Å²) in [6.45, 7) is 1.35. The van der Waals surface area contributed by atoms with Gasteiger partial charge < -0.3 is 19.5 Å². The van der Waals surface area contributed by atoms with Crippen molar-refractivity contribution >= 4 is 35.1 Å². The van der Waals surface area contributed by atoms with Crippen molar-refractivity contribution in [2.75, 3.05) is 20.8 Å². The van der Waals surface area contributed by atoms with Crippen LogP contribution in [0.4, 0.5) is 0 Å². The molecular weight excluding hydrogens is 393 g/mol. The Kier molecular flexibility index (Phi) is 7.33. The molecule has 0 aromatic heterocycles. The normalized spacial score (nSPS) is 11.4. The van der Waals surface area contributed by atoms with E-state index in [9.17, 15) is 9.59 Å². The summed E-state index contributed by atoms with van der Waals surface area (Å²) >= 11 is 11.7. The van der Waals surface area contributed by atoms with Crippen molar-refractivity contribution in [2.24, 2.45) is 0 Å². The van der Waals surface area contributed by atoms with Gasteiger partial charge in [-0.05, 0) is 43.3 Å². The molecular formula is C19H19Cl2NO5. The van der Waals surface area contributed by atoms with Crippen molar-refractivity contribution in [1.29, 1.82) is 0 Å². The molecule has 144 valence electrons. The van der Waals surface area contributed by atoms with Crippen LogP contribution in [0.1, 0.15) is 28.9 Å². The Morgan fingerprint density at radius 1 is 1.04 bits per heavy atom. The Morgan fingerprint density at radius 3 is 2.41 bits per heavy atom. The van der Waals surface area contributed by atoms with E-state index < -0.39 is 18.5 Å². The van der Waals surface area contributed by atoms with Crippen LogP contribution >= 0.6 is 23.2 Å². The van der Waals surface area contributed by atoms with Crippen molar-refractivity contribution in [2.45, 2.75) is 13.0 Å². The Labute approximate surface area is 167 Å². The number of amides is 1. The maximum absolute atomic E-state index is 12.1. The number of nitrogens with one attached hydrogen (secondary N) is 1. The third kappa shape index (κ3) is 5.52. The molecule has 1 N–H and O–H groups in total. The molecule has 0 saturated heterocycles. The van der Waals surface area contributed by atoms with Gasteiger partial charge in [0.05, 0.1) is 35.9 Å². The van der Waals surface area contributed by atoms with E-state index in [0.717, 1.165) is 5.56 Å². The number of rotatable bonds is 7. The molecule has 0 heterocycles. The van der Waals surface area contributed by atoms with Crippen LogP contribution in [0.2, 0.25) is 10.0 Å². The zero-order valence-corrected chi connectivity index (χ0v) is 16.6. The van der Waals surface area contributed by atoms with Gasteiger partial charge in [-0.3, -0.25) is 4.79 Å². The fraction of sp³-hybridized carbons (Fsp3) is 0.263. The Hall–Kier alpha value is -2.44. The standard InChI is InChI=1S/C19H19Cl2NO5/c1-11(14-9-13(25-2)5-7-17(14)26-3)22-18(23)10-27-19(24)12-4-6-15(20)16(21)8-12/h4-9,11H,10H2,1-3H3,(H,22,23)/t11-/m1/s1. The minimum atomic E-state index is -0.671. The van der Waals surface area contributed by atoms with Crippen molar-refractivity contribution in [3.05, 3.63) is 57.6 Å². The van der Waals surface area contributed by atoms with Gasteiger partial charge in [0, 0.05) is 5.56 Å². The van der Waals surface area contributed by atoms with Gasteiger partial charge in [-0.1, -0.05) is 23.2 Å². The number of methoxy groups -OCH3 is 2. The van der Waals surface area contributed by atoms with Crippen LogP contribution in [0.15, 0.2) is 36.4 Å². The summed E-state index contributed by atoms with van der Waals surface area (Å²) in [5.41, 5.74) is 0.945. The fourth-order valence-corrected chi connectivity index (χ4v) is 2.67. The predicted molar refractivity (Wildman–Crippen MR) is 103 cm³/mol. The number of halogens is 2. The molecule has 0 bridgehead atoms. The molecule has 0 saturated carbocycles. The molecule has 2 rings (SSSR count). The maximum Gasteiger partial charge on any atom is 0.338 e. The highest BCUT2D eigenvalue weighted by Crippen LogP contribution is 2.29. The van der Waals surface area contributed by atoms with Crippen LogP contribution in [-0.2, 0) is 9.53 Å². The summed E-state index contributed by atoms with van der Waals surface area (Å²) < 4.78 is 15.5. The lowest BCUT2D eigenvalue weighted by atomic mass is 10.1. The number of esters is 1. The zero-order chi connectivity index (χ0) is 20.0. The summed E-state index contributed by atoms with van der Waals surface area (Å²) in [5, 5.41) is 3.31. The van der Waals surface area contributed by atoms with Gasteiger partial charge in [-0.15, -0.1) is 0 Å². The lowest BCUT2D eigenvalue weighted by Crippen LogP contribution is -2.31. The monoisotopic (exact) mass is 411 g/mol. The van der Waals surface area contributed by atoms with Gasteiger partial charge in [-0.25, -0.2) is 4.79 Å². The van der Waals surface area contributed by atoms with E-state index in [4.69, 9.17) is 37.4 Å². The van der Waals surface area contributed by atoms with E-state index in [1.165, 1.54) is 18.2 Å². The Bertz CT molecular complexity index is 841. The number of ether oxygens (including phenoxy) is 3. The van der Waals surface area contributed by atoms with Gasteiger partial charge in [-0.2, -0.15) is 0 Å². The summed E-state index contributed by atoms with van der Waals surface area (Å²) in [6.07, 6.45) is 0. The van der Waals surface area contributed by atoms with Crippen LogP contribution < -0.4 is 14.8 Å². The molecule has 0 spiro atoms. The molecule has 0 radical (unpaired) electrons. The van der Waals surface area contributed by atoms with Crippen LogP contribution in [0.3, 0.4) is 0 Å². The lowest BCUT2D eigenvalue weighted by Gasteiger charge is -2.18. The summed E-state index contributed by atoms with van der Waals surface area (Å²) in [6, 6.07) is 9.23. The summed E-state index contributed by atoms with van der Waals surface area (Å²) in [5.74, 6) is 0.116. The largest absolute Gasteiger partial charge is 0.497 e. The lowest BCUT2D eigenvalue weighted by molar-refractivity contribution is -0.124. The van der Waals surface area contributed by atoms with Gasteiger partial charge in [0.2, 0.25) is 0 Å². The van der Waals surface area contributed by atoms with Gasteiger partial charge in [0.15, 0.2) is 6.61 Å². The first-order chi connectivity index (χ1) is 12.8. The number of hydrogen-bond acceptors (Lipinski definition) is 5. The van der Waals surface area contributed by atoms with Crippen LogP contribution in [0, 0.1) is 0 Å². The fourth-order valence-electron chi connectivity index (χ4n) is 2.38. The molecule has 0 fully saturated rings. The molecule has 27 heavy (non-hydrogen) atoms. The van der Waals surface area contributed by atoms with Crippen molar-refractivity contribution in [1.82, 2.24) is 5.32 Å². The summed E-state index contributed by atoms with van der Waals surface area (Å²) in [4.78, 5) is 24.1. The molecule has 2 aromatic carbocycles. The van der Waals surface area contributed by atoms with E-state index >= 15 is 0 Å². The van der Waals surface area contributed by atoms with Crippen LogP contribution in [-0.4, -0.2) is 32.7 Å². The van der Waals surface area contributed by atoms with E-state index in [1.54, 1.807) is 39.3 Å². The van der Waals surface area contributed by atoms with Gasteiger partial charge in [0.25, 0.3) is 5.91 Å². The molecule has 0 aliphatic heterocycles. The number of hydrogen-bond donors (Lipinski definition) is 1. The predicted octanol–water partition coefficient (Wildman–Crippen LogP) is 4.04. The SMILES string of the molecule is COc1ccc(OC)c([C@@H](C)NC(=O)COC(=O)c2ccc(Cl)c(Cl)c2)c1. The molecule has 6 nitrogen and oxygen atoms in total. The van der Waals surface area contributed by atoms with E-state index in [2.05, 4.69) is 5.32 Å². The van der Waals surface area contributed by atoms with E-state index in [-0.39, 0.29) is 16.6 Å². The highest BCUT2D eigenvalue weighted by molar-refractivity contribution is 6.42. The summed E-state index contributed by atoms with van der Waals surface area (Å²) in [7, 11) is 3.09. The van der Waals surface area contributed by atoms with Crippen LogP contribution in [0.5, 0.6) is 11.5 Å². The molecule has 8 heteroatoms. The molecule has 0 aliphatic rings. The minimum absolute atomic E-state index is 0.208. The third-order valence-corrected chi connectivity index (χ3v) is 4.51. The number of carbonyl (C=O) groups is 2. The Balaban J connectivity index is 1.97. The molecule has 2 aromatic rings. The average Bonchev–Trinajstić information content (AvgIpc) is 2.67. The number of carbonyl (C=O) groups excluding carboxylic acids is 2. The van der Waals surface area contributed by atoms with Gasteiger partial charge >= 0.3 is 5.97 Å². The molecule has 0 unspecified atom stereocenters. The molecule has 1 amide bonds. The third-order valence-electron chi connectivity index (χ3n) is 3.77. The van der Waals surface area contributed by atoms with E-state index in [1.807, 2.05) is 0 Å². The topological polar surface area (TPSA) is 73.9 Å². The molecule has 0 aliphatic carbocycles. The first kappa shape index (κ1) is 20.9. The van der Waals surface area contributed by atoms with Crippen LogP contribution in [0.25, 0.3) is 0 Å². The highest BCUT2D eigenvalue weighted by Gasteiger charge is 2.17. The molecule has 1 atom stereocenters. The first-order valence-corrected chi connectivity index (χ1v) is 8.74. The second-order valence-electron chi connectivity index (χ2n) is 5.60. The van der Waals surface area contributed by atoms with Gasteiger partial charge in [0.1, 0.15) is 11.5 Å². The highest BCUT2D eigenvalue weighted by atomic mass is 35.5. The minimum Gasteiger partial charge on any atom is -0.497 e. The Morgan fingerprint density at radius 2 is 1.78 bits per heavy atom. The first-order valence-electron chi connectivity index (χ1n) is 7.99. The second kappa shape index (κ2) is 9.48. The second-order valence-corrected chi connectivity index (χ2v) is 6.42. The zero-order valence-electron chi connectivity index (χ0n) is 15.0. The average molecular weight is 412 g/mol. The van der Waals surface area contributed by atoms with E-state index in [0.29, 0.717) is 16.5 Å². The number of benzene rings is 2. The maximum atomic E-state index is 12.1. The smallest absolute Gasteiger partial charge is 0.338 e.